The van der Waals surface area contributed by atoms with Crippen molar-refractivity contribution in [1.82, 2.24) is 9.97 Å². The summed E-state index contributed by atoms with van der Waals surface area (Å²) in [7, 11) is 0. The molecule has 0 spiro atoms. The lowest BCUT2D eigenvalue weighted by Gasteiger charge is -2.04. The second-order valence-electron chi connectivity index (χ2n) is 8.77. The summed E-state index contributed by atoms with van der Waals surface area (Å²) in [5, 5.41) is 0. The van der Waals surface area contributed by atoms with Crippen molar-refractivity contribution >= 4 is 0 Å². The van der Waals surface area contributed by atoms with Crippen LogP contribution in [0.25, 0.3) is 22.5 Å². The normalized spacial score (nSPS) is 11.1. The van der Waals surface area contributed by atoms with E-state index in [1.54, 1.807) is 0 Å². The highest BCUT2D eigenvalue weighted by molar-refractivity contribution is 5.62. The maximum atomic E-state index is 4.62. The number of unbranched alkanes of at least 4 members (excludes halogenated alkanes) is 8. The Morgan fingerprint density at radius 1 is 0.531 bits per heavy atom. The second kappa shape index (κ2) is 13.7. The smallest absolute Gasteiger partial charge is 0.169 e. The third-order valence-corrected chi connectivity index (χ3v) is 6.07. The first-order chi connectivity index (χ1) is 15.8. The highest BCUT2D eigenvalue weighted by Crippen LogP contribution is 2.19. The molecule has 0 fully saturated rings. The first-order valence-electron chi connectivity index (χ1n) is 12.6. The Bertz CT molecular complexity index is 810. The SMILES string of the molecule is CCCCCCC[n+]1ccc(-c2cnc(-c3cc[n+](CCCCCCC)cc3)nc2)cc1. The van der Waals surface area contributed by atoms with E-state index < -0.39 is 0 Å². The van der Waals surface area contributed by atoms with Crippen LogP contribution in [0.3, 0.4) is 0 Å². The maximum absolute atomic E-state index is 4.62. The van der Waals surface area contributed by atoms with E-state index in [1.807, 2.05) is 12.4 Å². The molecule has 3 aromatic heterocycles. The molecule has 0 saturated heterocycles. The fraction of sp³-hybridized carbons (Fsp3) is 0.500. The highest BCUT2D eigenvalue weighted by Gasteiger charge is 2.08. The van der Waals surface area contributed by atoms with Crippen molar-refractivity contribution in [2.75, 3.05) is 0 Å². The summed E-state index contributed by atoms with van der Waals surface area (Å²) in [6.07, 6.45) is 25.6. The molecule has 0 aliphatic heterocycles. The first kappa shape index (κ1) is 24.0. The molecule has 4 heteroatoms. The Labute approximate surface area is 194 Å². The monoisotopic (exact) mass is 432 g/mol. The standard InChI is InChI=1S/C28H40N4/c1-3-5-7-9-11-17-31-19-13-25(14-20-31)27-23-29-28(30-24-27)26-15-21-32(22-16-26)18-12-10-8-6-4-2/h13-16,19-24H,3-12,17-18H2,1-2H3/q+2. The van der Waals surface area contributed by atoms with Crippen LogP contribution in [-0.2, 0) is 13.1 Å². The van der Waals surface area contributed by atoms with Gasteiger partial charge < -0.3 is 0 Å². The molecule has 3 aromatic rings. The molecule has 170 valence electrons. The molecule has 32 heavy (non-hydrogen) atoms. The Kier molecular flexibility index (Phi) is 10.3. The quantitative estimate of drug-likeness (QED) is 0.220. The van der Waals surface area contributed by atoms with Crippen LogP contribution in [0, 0.1) is 0 Å². The summed E-state index contributed by atoms with van der Waals surface area (Å²) in [6, 6.07) is 8.56. The number of aromatic nitrogens is 4. The zero-order chi connectivity index (χ0) is 22.4. The minimum atomic E-state index is 0.780. The molecule has 3 rings (SSSR count). The van der Waals surface area contributed by atoms with Crippen molar-refractivity contribution in [1.29, 1.82) is 0 Å². The third-order valence-electron chi connectivity index (χ3n) is 6.07. The summed E-state index contributed by atoms with van der Waals surface area (Å²) >= 11 is 0. The highest BCUT2D eigenvalue weighted by atomic mass is 14.9. The Morgan fingerprint density at radius 2 is 0.969 bits per heavy atom. The van der Waals surface area contributed by atoms with Gasteiger partial charge in [-0.1, -0.05) is 52.4 Å². The van der Waals surface area contributed by atoms with Crippen LogP contribution < -0.4 is 9.13 Å². The van der Waals surface area contributed by atoms with Crippen LogP contribution in [0.2, 0.25) is 0 Å². The summed E-state index contributed by atoms with van der Waals surface area (Å²) in [5.74, 6) is 0.780. The van der Waals surface area contributed by atoms with Gasteiger partial charge in [0.25, 0.3) is 0 Å². The van der Waals surface area contributed by atoms with Gasteiger partial charge in [-0.25, -0.2) is 19.1 Å². The van der Waals surface area contributed by atoms with E-state index in [2.05, 4.69) is 82.0 Å². The van der Waals surface area contributed by atoms with E-state index >= 15 is 0 Å². The van der Waals surface area contributed by atoms with Crippen molar-refractivity contribution in [3.8, 4) is 22.5 Å². The lowest BCUT2D eigenvalue weighted by Crippen LogP contribution is -2.32. The van der Waals surface area contributed by atoms with Crippen molar-refractivity contribution in [3.05, 3.63) is 61.4 Å². The van der Waals surface area contributed by atoms with Gasteiger partial charge in [0.15, 0.2) is 30.6 Å². The Balaban J connectivity index is 1.51. The molecule has 0 bridgehead atoms. The molecule has 3 heterocycles. The van der Waals surface area contributed by atoms with E-state index in [0.29, 0.717) is 0 Å². The van der Waals surface area contributed by atoms with Crippen LogP contribution in [0.5, 0.6) is 0 Å². The fourth-order valence-corrected chi connectivity index (χ4v) is 3.98. The van der Waals surface area contributed by atoms with Crippen molar-refractivity contribution in [3.63, 3.8) is 0 Å². The zero-order valence-electron chi connectivity index (χ0n) is 20.0. The molecule has 0 atom stereocenters. The van der Waals surface area contributed by atoms with Crippen molar-refractivity contribution in [2.45, 2.75) is 91.1 Å². The van der Waals surface area contributed by atoms with Gasteiger partial charge in [-0.15, -0.1) is 0 Å². The van der Waals surface area contributed by atoms with Crippen molar-refractivity contribution < 1.29 is 9.13 Å². The number of hydrogen-bond donors (Lipinski definition) is 0. The largest absolute Gasteiger partial charge is 0.236 e. The predicted molar refractivity (Wildman–Crippen MR) is 131 cm³/mol. The fourth-order valence-electron chi connectivity index (χ4n) is 3.98. The van der Waals surface area contributed by atoms with Crippen LogP contribution in [0.15, 0.2) is 61.4 Å². The Hall–Kier alpha value is -2.62. The van der Waals surface area contributed by atoms with E-state index in [0.717, 1.165) is 35.6 Å². The molecule has 4 nitrogen and oxygen atoms in total. The lowest BCUT2D eigenvalue weighted by molar-refractivity contribution is -0.697. The lowest BCUT2D eigenvalue weighted by atomic mass is 10.1. The zero-order valence-corrected chi connectivity index (χ0v) is 20.0. The van der Waals surface area contributed by atoms with Gasteiger partial charge in [-0.05, 0) is 18.4 Å². The number of rotatable bonds is 14. The summed E-state index contributed by atoms with van der Waals surface area (Å²) < 4.78 is 4.53. The van der Waals surface area contributed by atoms with Crippen LogP contribution in [-0.4, -0.2) is 9.97 Å². The minimum absolute atomic E-state index is 0.780. The summed E-state index contributed by atoms with van der Waals surface area (Å²) in [6.45, 7) is 6.69. The molecule has 0 amide bonds. The average Bonchev–Trinajstić information content (AvgIpc) is 2.85. The van der Waals surface area contributed by atoms with E-state index in [-0.39, 0.29) is 0 Å². The van der Waals surface area contributed by atoms with E-state index in [4.69, 9.17) is 0 Å². The minimum Gasteiger partial charge on any atom is -0.236 e. The predicted octanol–water partition coefficient (Wildman–Crippen LogP) is 6.33. The number of pyridine rings is 2. The van der Waals surface area contributed by atoms with Gasteiger partial charge in [0.05, 0.1) is 0 Å². The van der Waals surface area contributed by atoms with Gasteiger partial charge in [-0.3, -0.25) is 0 Å². The van der Waals surface area contributed by atoms with Gasteiger partial charge in [0.2, 0.25) is 0 Å². The Morgan fingerprint density at radius 3 is 1.44 bits per heavy atom. The molecule has 0 unspecified atom stereocenters. The molecule has 0 aliphatic carbocycles. The second-order valence-corrected chi connectivity index (χ2v) is 8.77. The molecule has 0 N–H and O–H groups in total. The molecular weight excluding hydrogens is 392 g/mol. The van der Waals surface area contributed by atoms with Gasteiger partial charge in [-0.2, -0.15) is 0 Å². The average molecular weight is 433 g/mol. The van der Waals surface area contributed by atoms with Gasteiger partial charge >= 0.3 is 0 Å². The molecule has 0 radical (unpaired) electrons. The van der Waals surface area contributed by atoms with E-state index in [1.165, 1.54) is 64.2 Å². The number of aryl methyl sites for hydroxylation is 2. The molecule has 0 aliphatic rings. The topological polar surface area (TPSA) is 33.5 Å². The number of nitrogens with zero attached hydrogens (tertiary/aromatic N) is 4. The van der Waals surface area contributed by atoms with Gasteiger partial charge in [0, 0.05) is 60.6 Å². The third kappa shape index (κ3) is 7.81. The van der Waals surface area contributed by atoms with Gasteiger partial charge in [0.1, 0.15) is 13.1 Å². The van der Waals surface area contributed by atoms with Crippen LogP contribution >= 0.6 is 0 Å². The molecule has 0 saturated carbocycles. The maximum Gasteiger partial charge on any atom is 0.169 e. The summed E-state index contributed by atoms with van der Waals surface area (Å²) in [5.41, 5.74) is 3.28. The summed E-state index contributed by atoms with van der Waals surface area (Å²) in [4.78, 5) is 9.25. The first-order valence-corrected chi connectivity index (χ1v) is 12.6. The van der Waals surface area contributed by atoms with E-state index in [9.17, 15) is 0 Å². The molecular formula is C28H40N4+2. The van der Waals surface area contributed by atoms with Crippen LogP contribution in [0.4, 0.5) is 0 Å². The van der Waals surface area contributed by atoms with Crippen molar-refractivity contribution in [2.24, 2.45) is 0 Å². The molecule has 0 aromatic carbocycles. The van der Waals surface area contributed by atoms with Crippen LogP contribution in [0.1, 0.15) is 78.1 Å². The number of hydrogen-bond acceptors (Lipinski definition) is 2.